The minimum atomic E-state index is -0.459. The van der Waals surface area contributed by atoms with Crippen molar-refractivity contribution in [2.45, 2.75) is 58.6 Å². The van der Waals surface area contributed by atoms with E-state index in [0.717, 1.165) is 23.7 Å². The lowest BCUT2D eigenvalue weighted by Crippen LogP contribution is -2.38. The fourth-order valence-electron chi connectivity index (χ4n) is 2.66. The molecule has 2 atom stereocenters. The number of hydrogen-bond acceptors (Lipinski definition) is 3. The summed E-state index contributed by atoms with van der Waals surface area (Å²) in [4.78, 5) is 0. The van der Waals surface area contributed by atoms with Gasteiger partial charge in [0, 0.05) is 12.6 Å². The van der Waals surface area contributed by atoms with E-state index in [9.17, 15) is 5.11 Å². The van der Waals surface area contributed by atoms with Gasteiger partial charge in [-0.25, -0.2) is 0 Å². The average Bonchev–Trinajstić information content (AvgIpc) is 3.26. The number of aliphatic hydroxyl groups is 1. The molecule has 2 N–H and O–H groups in total. The molecule has 2 unspecified atom stereocenters. The molecule has 2 rings (SSSR count). The van der Waals surface area contributed by atoms with Crippen LogP contribution in [0.15, 0.2) is 18.2 Å². The molecule has 0 bridgehead atoms. The second kappa shape index (κ2) is 7.81. The highest BCUT2D eigenvalue weighted by molar-refractivity contribution is 5.35. The Bertz CT molecular complexity index is 443. The van der Waals surface area contributed by atoms with Gasteiger partial charge in [-0.15, -0.1) is 0 Å². The van der Waals surface area contributed by atoms with E-state index in [4.69, 9.17) is 4.74 Å². The molecule has 0 heterocycles. The van der Waals surface area contributed by atoms with Crippen molar-refractivity contribution in [1.29, 1.82) is 0 Å². The molecule has 118 valence electrons. The van der Waals surface area contributed by atoms with Gasteiger partial charge in [-0.1, -0.05) is 37.5 Å². The number of rotatable bonds is 9. The van der Waals surface area contributed by atoms with Crippen molar-refractivity contribution in [2.75, 3.05) is 13.2 Å². The van der Waals surface area contributed by atoms with E-state index in [0.29, 0.717) is 19.2 Å². The van der Waals surface area contributed by atoms with Gasteiger partial charge in [0.15, 0.2) is 0 Å². The van der Waals surface area contributed by atoms with Crippen LogP contribution in [0.3, 0.4) is 0 Å². The molecule has 21 heavy (non-hydrogen) atoms. The van der Waals surface area contributed by atoms with Crippen molar-refractivity contribution in [3.8, 4) is 5.75 Å². The van der Waals surface area contributed by atoms with E-state index < -0.39 is 6.10 Å². The summed E-state index contributed by atoms with van der Waals surface area (Å²) >= 11 is 0. The van der Waals surface area contributed by atoms with Gasteiger partial charge in [0.05, 0.1) is 0 Å². The lowest BCUT2D eigenvalue weighted by atomic mass is 10.1. The smallest absolute Gasteiger partial charge is 0.122 e. The third-order valence-electron chi connectivity index (χ3n) is 4.21. The van der Waals surface area contributed by atoms with Crippen LogP contribution in [-0.2, 0) is 0 Å². The van der Waals surface area contributed by atoms with Crippen LogP contribution in [0.4, 0.5) is 0 Å². The molecule has 0 saturated heterocycles. The van der Waals surface area contributed by atoms with Gasteiger partial charge in [0.25, 0.3) is 0 Å². The Kier molecular flexibility index (Phi) is 6.07. The molecule has 1 aromatic rings. The summed E-state index contributed by atoms with van der Waals surface area (Å²) < 4.78 is 5.72. The van der Waals surface area contributed by atoms with Crippen LogP contribution in [0.1, 0.15) is 43.7 Å². The fraction of sp³-hybridized carbons (Fsp3) is 0.667. The Hall–Kier alpha value is -1.06. The molecule has 1 aromatic carbocycles. The van der Waals surface area contributed by atoms with Gasteiger partial charge < -0.3 is 15.2 Å². The number of benzene rings is 1. The largest absolute Gasteiger partial charge is 0.491 e. The standard InChI is InChI=1S/C18H29NO2/c1-4-16(10-15-6-7-15)19-11-17(20)12-21-18-8-5-13(2)9-14(18)3/h5,8-9,15-17,19-20H,4,6-7,10-12H2,1-3H3. The van der Waals surface area contributed by atoms with Crippen LogP contribution in [0.2, 0.25) is 0 Å². The van der Waals surface area contributed by atoms with Crippen molar-refractivity contribution in [3.63, 3.8) is 0 Å². The van der Waals surface area contributed by atoms with Crippen molar-refractivity contribution >= 4 is 0 Å². The average molecular weight is 291 g/mol. The molecule has 1 aliphatic carbocycles. The highest BCUT2D eigenvalue weighted by Gasteiger charge is 2.24. The zero-order valence-corrected chi connectivity index (χ0v) is 13.6. The summed E-state index contributed by atoms with van der Waals surface area (Å²) in [5, 5.41) is 13.5. The van der Waals surface area contributed by atoms with Gasteiger partial charge in [-0.3, -0.25) is 0 Å². The minimum Gasteiger partial charge on any atom is -0.491 e. The zero-order valence-electron chi connectivity index (χ0n) is 13.6. The number of ether oxygens (including phenoxy) is 1. The first-order valence-electron chi connectivity index (χ1n) is 8.20. The summed E-state index contributed by atoms with van der Waals surface area (Å²) in [5.41, 5.74) is 2.35. The van der Waals surface area contributed by atoms with E-state index in [1.54, 1.807) is 0 Å². The van der Waals surface area contributed by atoms with E-state index in [2.05, 4.69) is 25.2 Å². The molecular formula is C18H29NO2. The first-order valence-corrected chi connectivity index (χ1v) is 8.20. The van der Waals surface area contributed by atoms with Crippen molar-refractivity contribution in [3.05, 3.63) is 29.3 Å². The maximum atomic E-state index is 10.1. The highest BCUT2D eigenvalue weighted by atomic mass is 16.5. The third kappa shape index (κ3) is 5.68. The SMILES string of the molecule is CCC(CC1CC1)NCC(O)COc1ccc(C)cc1C. The Balaban J connectivity index is 1.69. The van der Waals surface area contributed by atoms with Gasteiger partial charge in [-0.05, 0) is 44.2 Å². The highest BCUT2D eigenvalue weighted by Crippen LogP contribution is 2.34. The maximum Gasteiger partial charge on any atom is 0.122 e. The van der Waals surface area contributed by atoms with Crippen LogP contribution in [0.25, 0.3) is 0 Å². The second-order valence-corrected chi connectivity index (χ2v) is 6.43. The van der Waals surface area contributed by atoms with Crippen molar-refractivity contribution in [1.82, 2.24) is 5.32 Å². The molecule has 0 aromatic heterocycles. The Morgan fingerprint density at radius 2 is 2.10 bits per heavy atom. The number of aryl methyl sites for hydroxylation is 2. The Morgan fingerprint density at radius 3 is 2.71 bits per heavy atom. The summed E-state index contributed by atoms with van der Waals surface area (Å²) in [5.74, 6) is 1.79. The predicted molar refractivity (Wildman–Crippen MR) is 86.8 cm³/mol. The summed E-state index contributed by atoms with van der Waals surface area (Å²) in [6.07, 6.45) is 4.69. The topological polar surface area (TPSA) is 41.5 Å². The van der Waals surface area contributed by atoms with Crippen LogP contribution < -0.4 is 10.1 Å². The molecule has 0 radical (unpaired) electrons. The molecule has 1 saturated carbocycles. The Labute approximate surface area is 128 Å². The number of hydrogen-bond donors (Lipinski definition) is 2. The number of nitrogens with one attached hydrogen (secondary N) is 1. The zero-order chi connectivity index (χ0) is 15.2. The first-order chi connectivity index (χ1) is 10.1. The maximum absolute atomic E-state index is 10.1. The van der Waals surface area contributed by atoms with Gasteiger partial charge in [0.1, 0.15) is 18.5 Å². The van der Waals surface area contributed by atoms with Crippen LogP contribution >= 0.6 is 0 Å². The molecule has 1 fully saturated rings. The summed E-state index contributed by atoms with van der Waals surface area (Å²) in [6, 6.07) is 6.65. The Morgan fingerprint density at radius 1 is 1.33 bits per heavy atom. The lowest BCUT2D eigenvalue weighted by molar-refractivity contribution is 0.102. The third-order valence-corrected chi connectivity index (χ3v) is 4.21. The predicted octanol–water partition coefficient (Wildman–Crippen LogP) is 3.21. The van der Waals surface area contributed by atoms with E-state index >= 15 is 0 Å². The second-order valence-electron chi connectivity index (χ2n) is 6.43. The van der Waals surface area contributed by atoms with Crippen LogP contribution in [0.5, 0.6) is 5.75 Å². The van der Waals surface area contributed by atoms with E-state index in [1.165, 1.54) is 24.8 Å². The summed E-state index contributed by atoms with van der Waals surface area (Å²) in [6.45, 7) is 7.27. The molecule has 0 spiro atoms. The van der Waals surface area contributed by atoms with Crippen molar-refractivity contribution < 1.29 is 9.84 Å². The van der Waals surface area contributed by atoms with Crippen LogP contribution in [0, 0.1) is 19.8 Å². The van der Waals surface area contributed by atoms with Crippen molar-refractivity contribution in [2.24, 2.45) is 5.92 Å². The van der Waals surface area contributed by atoms with Gasteiger partial charge >= 0.3 is 0 Å². The molecular weight excluding hydrogens is 262 g/mol. The monoisotopic (exact) mass is 291 g/mol. The normalized spacial score (nSPS) is 17.5. The lowest BCUT2D eigenvalue weighted by Gasteiger charge is -2.20. The van der Waals surface area contributed by atoms with Gasteiger partial charge in [0.2, 0.25) is 0 Å². The molecule has 0 amide bonds. The fourth-order valence-corrected chi connectivity index (χ4v) is 2.66. The van der Waals surface area contributed by atoms with E-state index in [1.807, 2.05) is 19.1 Å². The van der Waals surface area contributed by atoms with Gasteiger partial charge in [-0.2, -0.15) is 0 Å². The number of aliphatic hydroxyl groups excluding tert-OH is 1. The van der Waals surface area contributed by atoms with Crippen LogP contribution in [-0.4, -0.2) is 30.4 Å². The quantitative estimate of drug-likeness (QED) is 0.734. The minimum absolute atomic E-state index is 0.344. The first kappa shape index (κ1) is 16.3. The molecule has 0 aliphatic heterocycles. The summed E-state index contributed by atoms with van der Waals surface area (Å²) in [7, 11) is 0. The molecule has 3 heteroatoms. The molecule has 3 nitrogen and oxygen atoms in total. The van der Waals surface area contributed by atoms with E-state index in [-0.39, 0.29) is 0 Å². The molecule has 1 aliphatic rings.